The van der Waals surface area contributed by atoms with Crippen molar-refractivity contribution in [2.75, 3.05) is 0 Å². The minimum absolute atomic E-state index is 0.966. The van der Waals surface area contributed by atoms with Gasteiger partial charge in [-0.2, -0.15) is 0 Å². The lowest BCUT2D eigenvalue weighted by molar-refractivity contribution is 0.480. The maximum absolute atomic E-state index is 6.20. The molecule has 2 aromatic carbocycles. The maximum Gasteiger partial charge on any atom is 0.127 e. The van der Waals surface area contributed by atoms with E-state index >= 15 is 0 Å². The summed E-state index contributed by atoms with van der Waals surface area (Å²) in [6, 6.07) is 17.3. The van der Waals surface area contributed by atoms with E-state index in [1.165, 1.54) is 101 Å². The molecule has 0 aliphatic rings. The first kappa shape index (κ1) is 25.5. The fourth-order valence-corrected chi connectivity index (χ4v) is 4.24. The largest absolute Gasteiger partial charge is 0.457 e. The van der Waals surface area contributed by atoms with Gasteiger partial charge in [0.05, 0.1) is 0 Å². The monoisotopic (exact) mass is 422 g/mol. The molecule has 2 rings (SSSR count). The molecule has 0 aromatic heterocycles. The predicted octanol–water partition coefficient (Wildman–Crippen LogP) is 10.1. The lowest BCUT2D eigenvalue weighted by Gasteiger charge is -2.10. The molecule has 2 aromatic rings. The van der Waals surface area contributed by atoms with Gasteiger partial charge in [-0.1, -0.05) is 115 Å². The van der Waals surface area contributed by atoms with Crippen molar-refractivity contribution in [2.45, 2.75) is 117 Å². The molecule has 31 heavy (non-hydrogen) atoms. The van der Waals surface area contributed by atoms with Gasteiger partial charge in [0.2, 0.25) is 0 Å². The molecule has 0 amide bonds. The standard InChI is InChI=1S/C30H46O/c1-3-5-7-9-11-13-15-19-27-21-17-23-29(25-27)31-30-24-18-22-28(26-30)20-16-14-12-10-8-6-4-2/h17-18,21-26H,3-16,19-20H2,1-2H3. The van der Waals surface area contributed by atoms with Crippen molar-refractivity contribution < 1.29 is 4.74 Å². The van der Waals surface area contributed by atoms with Crippen LogP contribution >= 0.6 is 0 Å². The van der Waals surface area contributed by atoms with E-state index in [0.717, 1.165) is 24.3 Å². The summed E-state index contributed by atoms with van der Waals surface area (Å²) < 4.78 is 6.20. The van der Waals surface area contributed by atoms with Crippen LogP contribution in [0.1, 0.15) is 115 Å². The molecule has 0 saturated carbocycles. The van der Waals surface area contributed by atoms with Crippen LogP contribution < -0.4 is 4.74 Å². The molecule has 0 N–H and O–H groups in total. The van der Waals surface area contributed by atoms with Crippen LogP contribution in [0.2, 0.25) is 0 Å². The zero-order chi connectivity index (χ0) is 22.0. The van der Waals surface area contributed by atoms with Gasteiger partial charge in [-0.15, -0.1) is 0 Å². The SMILES string of the molecule is CCCCCCCCCc1cccc(Oc2cccc(CCCCCCCCC)c2)c1. The van der Waals surface area contributed by atoms with Crippen molar-refractivity contribution in [3.63, 3.8) is 0 Å². The highest BCUT2D eigenvalue weighted by molar-refractivity contribution is 5.36. The van der Waals surface area contributed by atoms with Crippen molar-refractivity contribution >= 4 is 0 Å². The first-order valence-electron chi connectivity index (χ1n) is 13.2. The molecule has 0 bridgehead atoms. The summed E-state index contributed by atoms with van der Waals surface area (Å²) in [4.78, 5) is 0. The second kappa shape index (κ2) is 16.9. The smallest absolute Gasteiger partial charge is 0.127 e. The Bertz CT molecular complexity index is 631. The van der Waals surface area contributed by atoms with E-state index in [9.17, 15) is 0 Å². The molecular weight excluding hydrogens is 376 g/mol. The highest BCUT2D eigenvalue weighted by atomic mass is 16.5. The van der Waals surface area contributed by atoms with Crippen LogP contribution in [0.5, 0.6) is 11.5 Å². The first-order chi connectivity index (χ1) is 15.3. The Hall–Kier alpha value is -1.76. The quantitative estimate of drug-likeness (QED) is 0.217. The predicted molar refractivity (Wildman–Crippen MR) is 136 cm³/mol. The fourth-order valence-electron chi connectivity index (χ4n) is 4.24. The van der Waals surface area contributed by atoms with Gasteiger partial charge in [-0.25, -0.2) is 0 Å². The fraction of sp³-hybridized carbons (Fsp3) is 0.600. The first-order valence-corrected chi connectivity index (χ1v) is 13.2. The van der Waals surface area contributed by atoms with Crippen LogP contribution in [0, 0.1) is 0 Å². The number of unbranched alkanes of at least 4 members (excludes halogenated alkanes) is 12. The third-order valence-electron chi connectivity index (χ3n) is 6.17. The molecule has 0 spiro atoms. The van der Waals surface area contributed by atoms with Crippen LogP contribution in [-0.4, -0.2) is 0 Å². The van der Waals surface area contributed by atoms with E-state index in [2.05, 4.69) is 62.4 Å². The molecule has 0 aliphatic heterocycles. The molecule has 0 atom stereocenters. The minimum Gasteiger partial charge on any atom is -0.457 e. The van der Waals surface area contributed by atoms with Gasteiger partial charge >= 0.3 is 0 Å². The summed E-state index contributed by atoms with van der Waals surface area (Å²) in [6.45, 7) is 4.56. The van der Waals surface area contributed by atoms with Crippen molar-refractivity contribution in [3.8, 4) is 11.5 Å². The minimum atomic E-state index is 0.966. The Morgan fingerprint density at radius 3 is 1.29 bits per heavy atom. The van der Waals surface area contributed by atoms with Crippen LogP contribution in [0.15, 0.2) is 48.5 Å². The molecule has 0 saturated heterocycles. The Morgan fingerprint density at radius 1 is 0.484 bits per heavy atom. The normalized spacial score (nSPS) is 11.0. The van der Waals surface area contributed by atoms with Gasteiger partial charge in [0.15, 0.2) is 0 Å². The van der Waals surface area contributed by atoms with E-state index in [-0.39, 0.29) is 0 Å². The molecular formula is C30H46O. The van der Waals surface area contributed by atoms with E-state index in [4.69, 9.17) is 4.74 Å². The molecule has 172 valence electrons. The lowest BCUT2D eigenvalue weighted by Crippen LogP contribution is -1.91. The average molecular weight is 423 g/mol. The second-order valence-electron chi connectivity index (χ2n) is 9.14. The number of rotatable bonds is 18. The summed E-state index contributed by atoms with van der Waals surface area (Å²) >= 11 is 0. The van der Waals surface area contributed by atoms with Crippen LogP contribution in [0.25, 0.3) is 0 Å². The summed E-state index contributed by atoms with van der Waals surface area (Å²) in [7, 11) is 0. The van der Waals surface area contributed by atoms with Crippen LogP contribution in [0.3, 0.4) is 0 Å². The molecule has 1 nitrogen and oxygen atoms in total. The van der Waals surface area contributed by atoms with E-state index in [1.807, 2.05) is 0 Å². The second-order valence-corrected chi connectivity index (χ2v) is 9.14. The summed E-state index contributed by atoms with van der Waals surface area (Å²) in [5.74, 6) is 1.93. The Kier molecular flexibility index (Phi) is 13.9. The van der Waals surface area contributed by atoms with E-state index in [0.29, 0.717) is 0 Å². The maximum atomic E-state index is 6.20. The van der Waals surface area contributed by atoms with Crippen LogP contribution in [0.4, 0.5) is 0 Å². The number of hydrogen-bond donors (Lipinski definition) is 0. The third kappa shape index (κ3) is 12.0. The number of aryl methyl sites for hydroxylation is 2. The molecule has 0 radical (unpaired) electrons. The number of ether oxygens (including phenoxy) is 1. The summed E-state index contributed by atoms with van der Waals surface area (Å²) in [5.41, 5.74) is 2.79. The van der Waals surface area contributed by atoms with Gasteiger partial charge < -0.3 is 4.74 Å². The van der Waals surface area contributed by atoms with Gasteiger partial charge in [-0.3, -0.25) is 0 Å². The zero-order valence-electron chi connectivity index (χ0n) is 20.3. The zero-order valence-corrected chi connectivity index (χ0v) is 20.3. The molecule has 0 fully saturated rings. The van der Waals surface area contributed by atoms with E-state index in [1.54, 1.807) is 0 Å². The Morgan fingerprint density at radius 2 is 0.871 bits per heavy atom. The number of hydrogen-bond acceptors (Lipinski definition) is 1. The Labute approximate surface area is 192 Å². The number of benzene rings is 2. The van der Waals surface area contributed by atoms with Gasteiger partial charge in [0.1, 0.15) is 11.5 Å². The van der Waals surface area contributed by atoms with Gasteiger partial charge in [0.25, 0.3) is 0 Å². The van der Waals surface area contributed by atoms with Crippen LogP contribution in [-0.2, 0) is 12.8 Å². The van der Waals surface area contributed by atoms with Crippen molar-refractivity contribution in [2.24, 2.45) is 0 Å². The Balaban J connectivity index is 1.71. The lowest BCUT2D eigenvalue weighted by atomic mass is 10.0. The van der Waals surface area contributed by atoms with Crippen molar-refractivity contribution in [1.29, 1.82) is 0 Å². The molecule has 0 heterocycles. The van der Waals surface area contributed by atoms with Gasteiger partial charge in [0, 0.05) is 0 Å². The highest BCUT2D eigenvalue weighted by Gasteiger charge is 2.02. The topological polar surface area (TPSA) is 9.23 Å². The molecule has 0 unspecified atom stereocenters. The molecule has 1 heteroatoms. The van der Waals surface area contributed by atoms with E-state index < -0.39 is 0 Å². The third-order valence-corrected chi connectivity index (χ3v) is 6.17. The summed E-state index contributed by atoms with van der Waals surface area (Å²) in [5, 5.41) is 0. The molecule has 0 aliphatic carbocycles. The average Bonchev–Trinajstić information content (AvgIpc) is 2.78. The summed E-state index contributed by atoms with van der Waals surface area (Å²) in [6.07, 6.45) is 21.3. The van der Waals surface area contributed by atoms with Crippen molar-refractivity contribution in [3.05, 3.63) is 59.7 Å². The highest BCUT2D eigenvalue weighted by Crippen LogP contribution is 2.25. The van der Waals surface area contributed by atoms with Gasteiger partial charge in [-0.05, 0) is 61.1 Å². The van der Waals surface area contributed by atoms with Crippen molar-refractivity contribution in [1.82, 2.24) is 0 Å².